The van der Waals surface area contributed by atoms with Crippen LogP contribution >= 0.6 is 12.2 Å². The Bertz CT molecular complexity index is 376. The van der Waals surface area contributed by atoms with E-state index in [4.69, 9.17) is 18.0 Å². The molecule has 0 aliphatic heterocycles. The Kier molecular flexibility index (Phi) is 5.29. The van der Waals surface area contributed by atoms with Gasteiger partial charge in [-0.2, -0.15) is 0 Å². The number of nitrogens with two attached hydrogens (primary N) is 1. The van der Waals surface area contributed by atoms with Crippen LogP contribution in [0, 0.1) is 5.41 Å². The number of carbonyl (C=O) groups excluding carboxylic acids is 2. The summed E-state index contributed by atoms with van der Waals surface area (Å²) in [6.07, 6.45) is 3.33. The standard InChI is InChI=1S/C13H23N3O2S/c1-4-16(9-10(17)15(2)3)12(18)13(11(14)19)7-5-6-8-13/h4-9H2,1-3H3,(H2,14,19). The molecule has 0 atom stereocenters. The molecule has 6 heteroatoms. The first-order valence-electron chi connectivity index (χ1n) is 6.64. The molecule has 0 aromatic rings. The SMILES string of the molecule is CCN(CC(=O)N(C)C)C(=O)C1(C(N)=S)CCCC1. The maximum absolute atomic E-state index is 12.7. The van der Waals surface area contributed by atoms with Crippen molar-refractivity contribution in [1.82, 2.24) is 9.80 Å². The Morgan fingerprint density at radius 3 is 2.16 bits per heavy atom. The number of rotatable bonds is 5. The van der Waals surface area contributed by atoms with Crippen molar-refractivity contribution in [3.63, 3.8) is 0 Å². The number of hydrogen-bond acceptors (Lipinski definition) is 3. The van der Waals surface area contributed by atoms with Crippen LogP contribution in [0.5, 0.6) is 0 Å². The lowest BCUT2D eigenvalue weighted by Crippen LogP contribution is -2.51. The van der Waals surface area contributed by atoms with Crippen LogP contribution in [0.3, 0.4) is 0 Å². The lowest BCUT2D eigenvalue weighted by atomic mass is 9.84. The molecule has 2 amide bonds. The van der Waals surface area contributed by atoms with Crippen molar-refractivity contribution in [2.45, 2.75) is 32.6 Å². The first kappa shape index (κ1) is 15.9. The van der Waals surface area contributed by atoms with Gasteiger partial charge in [0.2, 0.25) is 11.8 Å². The normalized spacial score (nSPS) is 17.0. The number of thiocarbonyl (C=S) groups is 1. The Balaban J connectivity index is 2.88. The highest BCUT2D eigenvalue weighted by Gasteiger charge is 2.46. The molecule has 2 N–H and O–H groups in total. The van der Waals surface area contributed by atoms with E-state index in [9.17, 15) is 9.59 Å². The van der Waals surface area contributed by atoms with Crippen LogP contribution < -0.4 is 5.73 Å². The number of nitrogens with zero attached hydrogens (tertiary/aromatic N) is 2. The van der Waals surface area contributed by atoms with Crippen molar-refractivity contribution in [2.75, 3.05) is 27.2 Å². The van der Waals surface area contributed by atoms with Gasteiger partial charge in [-0.1, -0.05) is 25.1 Å². The largest absolute Gasteiger partial charge is 0.392 e. The molecule has 108 valence electrons. The van der Waals surface area contributed by atoms with E-state index in [1.807, 2.05) is 6.92 Å². The van der Waals surface area contributed by atoms with Crippen LogP contribution in [0.15, 0.2) is 0 Å². The molecule has 1 fully saturated rings. The van der Waals surface area contributed by atoms with Gasteiger partial charge in [-0.05, 0) is 19.8 Å². The van der Waals surface area contributed by atoms with E-state index in [1.165, 1.54) is 4.90 Å². The van der Waals surface area contributed by atoms with Gasteiger partial charge in [-0.25, -0.2) is 0 Å². The summed E-state index contributed by atoms with van der Waals surface area (Å²) in [5, 5.41) is 0. The summed E-state index contributed by atoms with van der Waals surface area (Å²) in [6.45, 7) is 2.44. The molecular formula is C13H23N3O2S. The van der Waals surface area contributed by atoms with Crippen LogP contribution in [-0.4, -0.2) is 53.8 Å². The third kappa shape index (κ3) is 3.23. The summed E-state index contributed by atoms with van der Waals surface area (Å²) >= 11 is 5.11. The van der Waals surface area contributed by atoms with Crippen LogP contribution in [0.4, 0.5) is 0 Å². The fraction of sp³-hybridized carbons (Fsp3) is 0.769. The van der Waals surface area contributed by atoms with Gasteiger partial charge in [-0.15, -0.1) is 0 Å². The van der Waals surface area contributed by atoms with Crippen molar-refractivity contribution >= 4 is 29.0 Å². The summed E-state index contributed by atoms with van der Waals surface area (Å²) in [7, 11) is 3.36. The molecule has 0 radical (unpaired) electrons. The van der Waals surface area contributed by atoms with E-state index in [2.05, 4.69) is 0 Å². The van der Waals surface area contributed by atoms with Crippen LogP contribution in [0.25, 0.3) is 0 Å². The summed E-state index contributed by atoms with van der Waals surface area (Å²) in [6, 6.07) is 0. The predicted octanol–water partition coefficient (Wildman–Crippen LogP) is 0.770. The van der Waals surface area contributed by atoms with Gasteiger partial charge in [0.15, 0.2) is 0 Å². The number of hydrogen-bond donors (Lipinski definition) is 1. The minimum atomic E-state index is -0.724. The summed E-state index contributed by atoms with van der Waals surface area (Å²) in [5.74, 6) is -0.179. The van der Waals surface area contributed by atoms with E-state index in [0.717, 1.165) is 12.8 Å². The maximum atomic E-state index is 12.7. The Labute approximate surface area is 120 Å². The molecule has 0 saturated heterocycles. The number of amides is 2. The molecule has 1 saturated carbocycles. The molecule has 1 aliphatic rings. The Hall–Kier alpha value is -1.17. The minimum absolute atomic E-state index is 0.0878. The van der Waals surface area contributed by atoms with Crippen molar-refractivity contribution in [3.8, 4) is 0 Å². The molecule has 0 heterocycles. The topological polar surface area (TPSA) is 66.6 Å². The maximum Gasteiger partial charge on any atom is 0.241 e. The van der Waals surface area contributed by atoms with Crippen molar-refractivity contribution < 1.29 is 9.59 Å². The van der Waals surface area contributed by atoms with E-state index in [0.29, 0.717) is 19.4 Å². The summed E-state index contributed by atoms with van der Waals surface area (Å²) < 4.78 is 0. The smallest absolute Gasteiger partial charge is 0.241 e. The van der Waals surface area contributed by atoms with Crippen molar-refractivity contribution in [3.05, 3.63) is 0 Å². The second kappa shape index (κ2) is 6.32. The molecule has 5 nitrogen and oxygen atoms in total. The van der Waals surface area contributed by atoms with Gasteiger partial charge in [0.1, 0.15) is 0 Å². The molecule has 1 rings (SSSR count). The molecule has 1 aliphatic carbocycles. The fourth-order valence-corrected chi connectivity index (χ4v) is 2.77. The second-order valence-electron chi connectivity index (χ2n) is 5.26. The van der Waals surface area contributed by atoms with E-state index in [1.54, 1.807) is 19.0 Å². The van der Waals surface area contributed by atoms with Crippen molar-refractivity contribution in [1.29, 1.82) is 0 Å². The summed E-state index contributed by atoms with van der Waals surface area (Å²) in [4.78, 5) is 27.8. The van der Waals surface area contributed by atoms with Gasteiger partial charge in [-0.3, -0.25) is 9.59 Å². The zero-order valence-electron chi connectivity index (χ0n) is 11.9. The third-order valence-electron chi connectivity index (χ3n) is 3.83. The van der Waals surface area contributed by atoms with E-state index in [-0.39, 0.29) is 23.3 Å². The average Bonchev–Trinajstić information content (AvgIpc) is 2.85. The predicted molar refractivity (Wildman–Crippen MR) is 78.6 cm³/mol. The molecular weight excluding hydrogens is 262 g/mol. The molecule has 19 heavy (non-hydrogen) atoms. The number of likely N-dealkylation sites (N-methyl/N-ethyl adjacent to an activating group) is 2. The second-order valence-corrected chi connectivity index (χ2v) is 5.70. The third-order valence-corrected chi connectivity index (χ3v) is 4.22. The van der Waals surface area contributed by atoms with E-state index >= 15 is 0 Å². The van der Waals surface area contributed by atoms with Gasteiger partial charge in [0, 0.05) is 20.6 Å². The highest BCUT2D eigenvalue weighted by atomic mass is 32.1. The molecule has 0 bridgehead atoms. The quantitative estimate of drug-likeness (QED) is 0.758. The van der Waals surface area contributed by atoms with Gasteiger partial charge in [0.25, 0.3) is 0 Å². The fourth-order valence-electron chi connectivity index (χ4n) is 2.48. The lowest BCUT2D eigenvalue weighted by Gasteiger charge is -2.33. The molecule has 0 aromatic carbocycles. The van der Waals surface area contributed by atoms with Gasteiger partial charge < -0.3 is 15.5 Å². The van der Waals surface area contributed by atoms with Crippen LogP contribution in [-0.2, 0) is 9.59 Å². The molecule has 0 unspecified atom stereocenters. The van der Waals surface area contributed by atoms with Crippen LogP contribution in [0.1, 0.15) is 32.6 Å². The zero-order chi connectivity index (χ0) is 14.6. The zero-order valence-corrected chi connectivity index (χ0v) is 12.8. The monoisotopic (exact) mass is 285 g/mol. The first-order valence-corrected chi connectivity index (χ1v) is 7.05. The van der Waals surface area contributed by atoms with Gasteiger partial charge in [0.05, 0.1) is 16.9 Å². The van der Waals surface area contributed by atoms with Gasteiger partial charge >= 0.3 is 0 Å². The highest BCUT2D eigenvalue weighted by Crippen LogP contribution is 2.40. The van der Waals surface area contributed by atoms with Crippen LogP contribution in [0.2, 0.25) is 0 Å². The average molecular weight is 285 g/mol. The van der Waals surface area contributed by atoms with Crippen molar-refractivity contribution in [2.24, 2.45) is 11.1 Å². The molecule has 0 spiro atoms. The molecule has 0 aromatic heterocycles. The summed E-state index contributed by atoms with van der Waals surface area (Å²) in [5.41, 5.74) is 5.08. The number of carbonyl (C=O) groups is 2. The Morgan fingerprint density at radius 1 is 1.26 bits per heavy atom. The minimum Gasteiger partial charge on any atom is -0.392 e. The van der Waals surface area contributed by atoms with E-state index < -0.39 is 5.41 Å². The highest BCUT2D eigenvalue weighted by molar-refractivity contribution is 7.80. The first-order chi connectivity index (χ1) is 8.85. The lowest BCUT2D eigenvalue weighted by molar-refractivity contribution is -0.143. The Morgan fingerprint density at radius 2 is 1.79 bits per heavy atom.